The van der Waals surface area contributed by atoms with Crippen molar-refractivity contribution in [3.05, 3.63) is 33.8 Å². The third-order valence-corrected chi connectivity index (χ3v) is 3.54. The van der Waals surface area contributed by atoms with E-state index in [1.807, 2.05) is 25.1 Å². The zero-order valence-corrected chi connectivity index (χ0v) is 9.52. The van der Waals surface area contributed by atoms with E-state index in [9.17, 15) is 0 Å². The highest BCUT2D eigenvalue weighted by molar-refractivity contribution is 6.36. The number of halogens is 2. The molecule has 3 atom stereocenters. The smallest absolute Gasteiger partial charge is 0.0455 e. The first-order chi connectivity index (χ1) is 6.61. The molecule has 14 heavy (non-hydrogen) atoms. The first-order valence-corrected chi connectivity index (χ1v) is 5.56. The van der Waals surface area contributed by atoms with Gasteiger partial charge >= 0.3 is 0 Å². The lowest BCUT2D eigenvalue weighted by Gasteiger charge is -2.07. The first-order valence-electron chi connectivity index (χ1n) is 4.80. The second kappa shape index (κ2) is 3.73. The second-order valence-electron chi connectivity index (χ2n) is 4.00. The summed E-state index contributed by atoms with van der Waals surface area (Å²) in [6.45, 7) is 2.04. The summed E-state index contributed by atoms with van der Waals surface area (Å²) in [7, 11) is 0. The Morgan fingerprint density at radius 3 is 2.36 bits per heavy atom. The molecule has 0 aromatic heterocycles. The van der Waals surface area contributed by atoms with Gasteiger partial charge in [-0.3, -0.25) is 0 Å². The minimum atomic E-state index is 0.229. The predicted octanol–water partition coefficient (Wildman–Crippen LogP) is 3.44. The van der Waals surface area contributed by atoms with E-state index >= 15 is 0 Å². The predicted molar refractivity (Wildman–Crippen MR) is 61.0 cm³/mol. The summed E-state index contributed by atoms with van der Waals surface area (Å²) in [6, 6.07) is 5.88. The maximum Gasteiger partial charge on any atom is 0.0455 e. The van der Waals surface area contributed by atoms with Crippen molar-refractivity contribution < 1.29 is 0 Å². The normalized spacial score (nSPS) is 27.4. The number of benzene rings is 1. The molecule has 1 aromatic rings. The van der Waals surface area contributed by atoms with Crippen LogP contribution in [0.15, 0.2) is 18.2 Å². The highest BCUT2D eigenvalue weighted by Crippen LogP contribution is 2.52. The van der Waals surface area contributed by atoms with Crippen molar-refractivity contribution in [2.24, 2.45) is 11.7 Å². The molecule has 1 nitrogen and oxygen atoms in total. The number of hydrogen-bond acceptors (Lipinski definition) is 1. The molecule has 1 saturated carbocycles. The van der Waals surface area contributed by atoms with Crippen LogP contribution in [-0.4, -0.2) is 6.04 Å². The molecule has 0 aliphatic heterocycles. The van der Waals surface area contributed by atoms with Crippen LogP contribution in [0.3, 0.4) is 0 Å². The van der Waals surface area contributed by atoms with Crippen molar-refractivity contribution >= 4 is 23.2 Å². The van der Waals surface area contributed by atoms with Gasteiger partial charge in [-0.1, -0.05) is 29.3 Å². The fourth-order valence-corrected chi connectivity index (χ4v) is 2.67. The Bertz CT molecular complexity index is 329. The van der Waals surface area contributed by atoms with Gasteiger partial charge in [-0.15, -0.1) is 0 Å². The Kier molecular flexibility index (Phi) is 2.74. The highest BCUT2D eigenvalue weighted by atomic mass is 35.5. The van der Waals surface area contributed by atoms with Crippen LogP contribution in [0.2, 0.25) is 10.0 Å². The van der Waals surface area contributed by atoms with E-state index in [1.54, 1.807) is 0 Å². The number of rotatable bonds is 2. The van der Waals surface area contributed by atoms with Crippen molar-refractivity contribution in [2.75, 3.05) is 0 Å². The Morgan fingerprint density at radius 2 is 1.93 bits per heavy atom. The molecular formula is C11H13Cl2N. The molecule has 0 saturated heterocycles. The molecule has 0 heterocycles. The average Bonchev–Trinajstić information content (AvgIpc) is 2.83. The van der Waals surface area contributed by atoms with Crippen molar-refractivity contribution in [2.45, 2.75) is 25.3 Å². The maximum atomic E-state index is 6.11. The van der Waals surface area contributed by atoms with Crippen LogP contribution >= 0.6 is 23.2 Å². The Labute approximate surface area is 94.2 Å². The summed E-state index contributed by atoms with van der Waals surface area (Å²) in [6.07, 6.45) is 1.11. The molecule has 2 N–H and O–H groups in total. The molecule has 2 rings (SSSR count). The van der Waals surface area contributed by atoms with Gasteiger partial charge in [0, 0.05) is 16.1 Å². The molecule has 1 aliphatic rings. The van der Waals surface area contributed by atoms with Crippen LogP contribution in [0.5, 0.6) is 0 Å². The number of hydrogen-bond donors (Lipinski definition) is 1. The van der Waals surface area contributed by atoms with Crippen LogP contribution in [0.25, 0.3) is 0 Å². The average molecular weight is 230 g/mol. The summed E-state index contributed by atoms with van der Waals surface area (Å²) >= 11 is 12.2. The standard InChI is InChI=1S/C11H13Cl2N/c1-6(14)7-5-8(7)11-9(12)3-2-4-10(11)13/h2-4,6-8H,5,14H2,1H3. The third kappa shape index (κ3) is 1.77. The minimum Gasteiger partial charge on any atom is -0.328 e. The van der Waals surface area contributed by atoms with E-state index in [2.05, 4.69) is 0 Å². The van der Waals surface area contributed by atoms with E-state index in [-0.39, 0.29) is 6.04 Å². The lowest BCUT2D eigenvalue weighted by atomic mass is 10.1. The zero-order chi connectivity index (χ0) is 10.3. The first kappa shape index (κ1) is 10.3. The zero-order valence-electron chi connectivity index (χ0n) is 8.00. The summed E-state index contributed by atoms with van der Waals surface area (Å²) < 4.78 is 0. The summed E-state index contributed by atoms with van der Waals surface area (Å²) in [5, 5.41) is 1.54. The van der Waals surface area contributed by atoms with Crippen LogP contribution in [0.4, 0.5) is 0 Å². The third-order valence-electron chi connectivity index (χ3n) is 2.89. The molecule has 3 unspecified atom stereocenters. The molecule has 1 fully saturated rings. The van der Waals surface area contributed by atoms with Gasteiger partial charge in [-0.05, 0) is 42.9 Å². The highest BCUT2D eigenvalue weighted by Gasteiger charge is 2.42. The fourth-order valence-electron chi connectivity index (χ4n) is 1.99. The van der Waals surface area contributed by atoms with Crippen molar-refractivity contribution in [1.82, 2.24) is 0 Å². The van der Waals surface area contributed by atoms with E-state index in [1.165, 1.54) is 0 Å². The largest absolute Gasteiger partial charge is 0.328 e. The Balaban J connectivity index is 2.26. The molecular weight excluding hydrogens is 217 g/mol. The van der Waals surface area contributed by atoms with E-state index in [0.29, 0.717) is 11.8 Å². The molecule has 76 valence electrons. The van der Waals surface area contributed by atoms with Gasteiger partial charge in [-0.2, -0.15) is 0 Å². The molecule has 1 aromatic carbocycles. The summed E-state index contributed by atoms with van der Waals surface area (Å²) in [5.41, 5.74) is 6.92. The Hall–Kier alpha value is -0.240. The van der Waals surface area contributed by atoms with Gasteiger partial charge in [-0.25, -0.2) is 0 Å². The molecule has 3 heteroatoms. The number of nitrogens with two attached hydrogens (primary N) is 1. The van der Waals surface area contributed by atoms with Gasteiger partial charge in [0.15, 0.2) is 0 Å². The van der Waals surface area contributed by atoms with Crippen molar-refractivity contribution in [1.29, 1.82) is 0 Å². The molecule has 1 aliphatic carbocycles. The molecule has 0 bridgehead atoms. The second-order valence-corrected chi connectivity index (χ2v) is 4.81. The topological polar surface area (TPSA) is 26.0 Å². The van der Waals surface area contributed by atoms with E-state index in [4.69, 9.17) is 28.9 Å². The minimum absolute atomic E-state index is 0.229. The molecule has 0 radical (unpaired) electrons. The van der Waals surface area contributed by atoms with Crippen LogP contribution in [0, 0.1) is 5.92 Å². The van der Waals surface area contributed by atoms with Gasteiger partial charge in [0.2, 0.25) is 0 Å². The van der Waals surface area contributed by atoms with Gasteiger partial charge in [0.25, 0.3) is 0 Å². The quantitative estimate of drug-likeness (QED) is 0.827. The van der Waals surface area contributed by atoms with Crippen LogP contribution in [0.1, 0.15) is 24.8 Å². The van der Waals surface area contributed by atoms with E-state index in [0.717, 1.165) is 22.0 Å². The maximum absolute atomic E-state index is 6.11. The lowest BCUT2D eigenvalue weighted by molar-refractivity contribution is 0.632. The Morgan fingerprint density at radius 1 is 1.36 bits per heavy atom. The van der Waals surface area contributed by atoms with Crippen molar-refractivity contribution in [3.63, 3.8) is 0 Å². The van der Waals surface area contributed by atoms with Gasteiger partial charge in [0.1, 0.15) is 0 Å². The lowest BCUT2D eigenvalue weighted by Crippen LogP contribution is -2.18. The van der Waals surface area contributed by atoms with Crippen molar-refractivity contribution in [3.8, 4) is 0 Å². The fraction of sp³-hybridized carbons (Fsp3) is 0.455. The van der Waals surface area contributed by atoms with E-state index < -0.39 is 0 Å². The van der Waals surface area contributed by atoms with Crippen LogP contribution < -0.4 is 5.73 Å². The summed E-state index contributed by atoms with van der Waals surface area (Å²) in [4.78, 5) is 0. The van der Waals surface area contributed by atoms with Gasteiger partial charge in [0.05, 0.1) is 0 Å². The van der Waals surface area contributed by atoms with Crippen LogP contribution in [-0.2, 0) is 0 Å². The summed E-state index contributed by atoms with van der Waals surface area (Å²) in [5.74, 6) is 1.02. The molecule has 0 amide bonds. The monoisotopic (exact) mass is 229 g/mol. The van der Waals surface area contributed by atoms with Gasteiger partial charge < -0.3 is 5.73 Å². The molecule has 0 spiro atoms. The SMILES string of the molecule is CC(N)C1CC1c1c(Cl)cccc1Cl.